The van der Waals surface area contributed by atoms with Crippen molar-refractivity contribution < 1.29 is 0 Å². The fraction of sp³-hybridized carbons (Fsp3) is 0.389. The first-order valence-electron chi connectivity index (χ1n) is 7.45. The van der Waals surface area contributed by atoms with E-state index in [1.807, 2.05) is 13.1 Å². The van der Waals surface area contributed by atoms with Gasteiger partial charge in [0.2, 0.25) is 0 Å². The van der Waals surface area contributed by atoms with Crippen LogP contribution in [0.5, 0.6) is 0 Å². The van der Waals surface area contributed by atoms with Gasteiger partial charge in [0.05, 0.1) is 6.04 Å². The summed E-state index contributed by atoms with van der Waals surface area (Å²) in [6.45, 7) is 9.49. The van der Waals surface area contributed by atoms with E-state index in [0.29, 0.717) is 0 Å². The van der Waals surface area contributed by atoms with Gasteiger partial charge in [-0.2, -0.15) is 0 Å². The molecular formula is C18H23BrN2. The minimum absolute atomic E-state index is 0.198. The molecule has 1 unspecified atom stereocenters. The normalized spacial score (nSPS) is 12.4. The highest BCUT2D eigenvalue weighted by Gasteiger charge is 2.15. The van der Waals surface area contributed by atoms with Crippen molar-refractivity contribution in [3.05, 3.63) is 62.9 Å². The number of aryl methyl sites for hydroxylation is 3. The molecule has 0 fully saturated rings. The van der Waals surface area contributed by atoms with Gasteiger partial charge in [0.25, 0.3) is 0 Å². The Morgan fingerprint density at radius 3 is 2.29 bits per heavy atom. The number of benzene rings is 1. The van der Waals surface area contributed by atoms with Crippen molar-refractivity contribution >= 4 is 15.9 Å². The molecular weight excluding hydrogens is 324 g/mol. The maximum Gasteiger partial charge on any atom is 0.0592 e. The Balaban J connectivity index is 2.42. The molecule has 21 heavy (non-hydrogen) atoms. The van der Waals surface area contributed by atoms with Crippen molar-refractivity contribution in [1.82, 2.24) is 10.3 Å². The van der Waals surface area contributed by atoms with Crippen LogP contribution in [0.3, 0.4) is 0 Å². The van der Waals surface area contributed by atoms with Gasteiger partial charge in [-0.15, -0.1) is 0 Å². The number of aromatic nitrogens is 1. The van der Waals surface area contributed by atoms with Crippen LogP contribution in [-0.2, 0) is 0 Å². The van der Waals surface area contributed by atoms with Crippen molar-refractivity contribution in [3.63, 3.8) is 0 Å². The first-order chi connectivity index (χ1) is 10.0. The van der Waals surface area contributed by atoms with E-state index in [1.165, 1.54) is 26.7 Å². The Morgan fingerprint density at radius 2 is 1.76 bits per heavy atom. The molecule has 0 spiro atoms. The van der Waals surface area contributed by atoms with Crippen molar-refractivity contribution in [1.29, 1.82) is 0 Å². The molecule has 1 aromatic carbocycles. The zero-order valence-electron chi connectivity index (χ0n) is 13.2. The summed E-state index contributed by atoms with van der Waals surface area (Å²) >= 11 is 3.65. The number of nitrogens with zero attached hydrogens (tertiary/aromatic N) is 1. The molecule has 0 aliphatic heterocycles. The summed E-state index contributed by atoms with van der Waals surface area (Å²) in [4.78, 5) is 4.45. The van der Waals surface area contributed by atoms with Gasteiger partial charge in [0, 0.05) is 16.4 Å². The van der Waals surface area contributed by atoms with E-state index in [9.17, 15) is 0 Å². The maximum atomic E-state index is 4.45. The molecule has 0 radical (unpaired) electrons. The summed E-state index contributed by atoms with van der Waals surface area (Å²) in [5, 5.41) is 3.64. The molecule has 1 aromatic heterocycles. The van der Waals surface area contributed by atoms with E-state index in [0.717, 1.165) is 18.7 Å². The summed E-state index contributed by atoms with van der Waals surface area (Å²) in [5.74, 6) is 0. The lowest BCUT2D eigenvalue weighted by atomic mass is 9.96. The van der Waals surface area contributed by atoms with Gasteiger partial charge in [-0.3, -0.25) is 4.98 Å². The number of rotatable bonds is 5. The summed E-state index contributed by atoms with van der Waals surface area (Å²) in [7, 11) is 0. The first-order valence-corrected chi connectivity index (χ1v) is 8.24. The molecule has 3 heteroatoms. The smallest absolute Gasteiger partial charge is 0.0592 e. The van der Waals surface area contributed by atoms with E-state index in [-0.39, 0.29) is 6.04 Å². The third-order valence-corrected chi connectivity index (χ3v) is 4.91. The van der Waals surface area contributed by atoms with Gasteiger partial charge in [-0.25, -0.2) is 0 Å². The summed E-state index contributed by atoms with van der Waals surface area (Å²) in [6.07, 6.45) is 3.10. The molecule has 0 saturated heterocycles. The molecule has 2 nitrogen and oxygen atoms in total. The minimum Gasteiger partial charge on any atom is -0.306 e. The van der Waals surface area contributed by atoms with Gasteiger partial charge >= 0.3 is 0 Å². The summed E-state index contributed by atoms with van der Waals surface area (Å²) < 4.78 is 1.20. The largest absolute Gasteiger partial charge is 0.306 e. The highest BCUT2D eigenvalue weighted by atomic mass is 79.9. The Labute approximate surface area is 136 Å². The molecule has 112 valence electrons. The molecule has 0 saturated carbocycles. The second-order valence-electron chi connectivity index (χ2n) is 5.59. The van der Waals surface area contributed by atoms with Crippen LogP contribution in [0.25, 0.3) is 0 Å². The van der Waals surface area contributed by atoms with Crippen molar-refractivity contribution in [2.24, 2.45) is 0 Å². The summed E-state index contributed by atoms with van der Waals surface area (Å²) in [6, 6.07) is 8.95. The SMILES string of the molecule is CCCNC(c1ccc(C)nc1)c1cc(C)c(Br)c(C)c1. The maximum absolute atomic E-state index is 4.45. The molecule has 0 amide bonds. The van der Waals surface area contributed by atoms with E-state index < -0.39 is 0 Å². The number of hydrogen-bond acceptors (Lipinski definition) is 2. The number of hydrogen-bond donors (Lipinski definition) is 1. The van der Waals surface area contributed by atoms with Crippen LogP contribution in [0.4, 0.5) is 0 Å². The lowest BCUT2D eigenvalue weighted by Gasteiger charge is -2.21. The summed E-state index contributed by atoms with van der Waals surface area (Å²) in [5.41, 5.74) is 6.11. The topological polar surface area (TPSA) is 24.9 Å². The Bertz CT molecular complexity index is 582. The third kappa shape index (κ3) is 3.92. The van der Waals surface area contributed by atoms with E-state index in [2.05, 4.69) is 71.3 Å². The van der Waals surface area contributed by atoms with Gasteiger partial charge in [-0.1, -0.05) is 41.1 Å². The molecule has 1 N–H and O–H groups in total. The molecule has 0 bridgehead atoms. The van der Waals surface area contributed by atoms with Crippen LogP contribution >= 0.6 is 15.9 Å². The zero-order chi connectivity index (χ0) is 15.4. The molecule has 2 rings (SSSR count). The van der Waals surface area contributed by atoms with Crippen LogP contribution < -0.4 is 5.32 Å². The first kappa shape index (κ1) is 16.2. The Kier molecular flexibility index (Phi) is 5.54. The average Bonchev–Trinajstić information content (AvgIpc) is 2.46. The van der Waals surface area contributed by atoms with Crippen LogP contribution in [0.15, 0.2) is 34.9 Å². The predicted molar refractivity (Wildman–Crippen MR) is 92.7 cm³/mol. The zero-order valence-corrected chi connectivity index (χ0v) is 14.8. The third-order valence-electron chi connectivity index (χ3n) is 3.66. The highest BCUT2D eigenvalue weighted by molar-refractivity contribution is 9.10. The molecule has 1 atom stereocenters. The minimum atomic E-state index is 0.198. The quantitative estimate of drug-likeness (QED) is 0.836. The van der Waals surface area contributed by atoms with Crippen molar-refractivity contribution in [2.45, 2.75) is 40.2 Å². The van der Waals surface area contributed by atoms with Crippen LogP contribution in [0.2, 0.25) is 0 Å². The Hall–Kier alpha value is -1.19. The predicted octanol–water partition coefficient (Wildman–Crippen LogP) is 4.86. The lowest BCUT2D eigenvalue weighted by Crippen LogP contribution is -2.23. The highest BCUT2D eigenvalue weighted by Crippen LogP contribution is 2.28. The van der Waals surface area contributed by atoms with Crippen LogP contribution in [0.1, 0.15) is 47.3 Å². The van der Waals surface area contributed by atoms with Crippen molar-refractivity contribution in [2.75, 3.05) is 6.54 Å². The molecule has 0 aliphatic rings. The number of halogens is 1. The van der Waals surface area contributed by atoms with E-state index >= 15 is 0 Å². The fourth-order valence-corrected chi connectivity index (χ4v) is 2.74. The molecule has 2 aromatic rings. The standard InChI is InChI=1S/C18H23BrN2/c1-5-8-20-18(15-7-6-14(4)21-11-15)16-9-12(2)17(19)13(3)10-16/h6-7,9-11,18,20H,5,8H2,1-4H3. The Morgan fingerprint density at radius 1 is 1.10 bits per heavy atom. The van der Waals surface area contributed by atoms with Gasteiger partial charge in [0.15, 0.2) is 0 Å². The fourth-order valence-electron chi connectivity index (χ4n) is 2.51. The van der Waals surface area contributed by atoms with Crippen molar-refractivity contribution in [3.8, 4) is 0 Å². The average molecular weight is 347 g/mol. The van der Waals surface area contributed by atoms with E-state index in [1.54, 1.807) is 0 Å². The monoisotopic (exact) mass is 346 g/mol. The number of pyridine rings is 1. The van der Waals surface area contributed by atoms with Gasteiger partial charge in [0.1, 0.15) is 0 Å². The van der Waals surface area contributed by atoms with Gasteiger partial charge < -0.3 is 5.32 Å². The molecule has 1 heterocycles. The van der Waals surface area contributed by atoms with Gasteiger partial charge in [-0.05, 0) is 62.1 Å². The van der Waals surface area contributed by atoms with E-state index in [4.69, 9.17) is 0 Å². The number of nitrogens with one attached hydrogen (secondary N) is 1. The lowest BCUT2D eigenvalue weighted by molar-refractivity contribution is 0.596. The second-order valence-corrected chi connectivity index (χ2v) is 6.38. The van der Waals surface area contributed by atoms with Crippen LogP contribution in [-0.4, -0.2) is 11.5 Å². The second kappa shape index (κ2) is 7.19. The molecule has 0 aliphatic carbocycles. The van der Waals surface area contributed by atoms with Crippen LogP contribution in [0, 0.1) is 20.8 Å².